The zero-order valence-corrected chi connectivity index (χ0v) is 14.6. The summed E-state index contributed by atoms with van der Waals surface area (Å²) in [5, 5.41) is 3.96. The number of hydrogen-bond acceptors (Lipinski definition) is 7. The minimum atomic E-state index is -0.406. The van der Waals surface area contributed by atoms with Crippen molar-refractivity contribution >= 4 is 5.78 Å². The highest BCUT2D eigenvalue weighted by Gasteiger charge is 2.37. The number of rotatable bonds is 4. The molecule has 0 amide bonds. The van der Waals surface area contributed by atoms with E-state index in [9.17, 15) is 4.79 Å². The highest BCUT2D eigenvalue weighted by Crippen LogP contribution is 2.38. The lowest BCUT2D eigenvalue weighted by molar-refractivity contribution is 0.0350. The SMILES string of the molecule is CCC1(CC)CC(=O)c2cc(-c3nc(-c4cncnc4)no3)ccc2O1. The summed E-state index contributed by atoms with van der Waals surface area (Å²) in [5.74, 6) is 1.43. The second-order valence-electron chi connectivity index (χ2n) is 6.35. The second-order valence-corrected chi connectivity index (χ2v) is 6.35. The first-order valence-electron chi connectivity index (χ1n) is 8.60. The van der Waals surface area contributed by atoms with Crippen molar-refractivity contribution in [2.24, 2.45) is 0 Å². The molecule has 2 aromatic heterocycles. The molecule has 0 aliphatic carbocycles. The quantitative estimate of drug-likeness (QED) is 0.708. The first-order chi connectivity index (χ1) is 12.6. The van der Waals surface area contributed by atoms with Gasteiger partial charge in [0.05, 0.1) is 17.5 Å². The van der Waals surface area contributed by atoms with E-state index in [1.807, 2.05) is 19.9 Å². The third-order valence-electron chi connectivity index (χ3n) is 4.87. The van der Waals surface area contributed by atoms with Gasteiger partial charge in [-0.05, 0) is 31.0 Å². The van der Waals surface area contributed by atoms with Crippen LogP contribution in [0.3, 0.4) is 0 Å². The maximum atomic E-state index is 12.7. The molecule has 0 saturated heterocycles. The largest absolute Gasteiger partial charge is 0.486 e. The number of fused-ring (bicyclic) bond motifs is 1. The molecule has 0 N–H and O–H groups in total. The first-order valence-corrected chi connectivity index (χ1v) is 8.60. The van der Waals surface area contributed by atoms with Crippen LogP contribution in [0.1, 0.15) is 43.5 Å². The highest BCUT2D eigenvalue weighted by molar-refractivity contribution is 6.01. The van der Waals surface area contributed by atoms with Gasteiger partial charge in [-0.25, -0.2) is 9.97 Å². The van der Waals surface area contributed by atoms with E-state index < -0.39 is 5.60 Å². The molecule has 1 aliphatic rings. The molecule has 0 saturated carbocycles. The van der Waals surface area contributed by atoms with Crippen molar-refractivity contribution in [1.82, 2.24) is 20.1 Å². The molecule has 26 heavy (non-hydrogen) atoms. The summed E-state index contributed by atoms with van der Waals surface area (Å²) in [6.07, 6.45) is 6.63. The van der Waals surface area contributed by atoms with Crippen molar-refractivity contribution in [3.05, 3.63) is 42.5 Å². The smallest absolute Gasteiger partial charge is 0.258 e. The van der Waals surface area contributed by atoms with Gasteiger partial charge in [-0.15, -0.1) is 0 Å². The van der Waals surface area contributed by atoms with Crippen molar-refractivity contribution < 1.29 is 14.1 Å². The van der Waals surface area contributed by atoms with Crippen LogP contribution in [0.4, 0.5) is 0 Å². The van der Waals surface area contributed by atoms with Gasteiger partial charge >= 0.3 is 0 Å². The van der Waals surface area contributed by atoms with Gasteiger partial charge in [-0.1, -0.05) is 19.0 Å². The molecule has 0 radical (unpaired) electrons. The Kier molecular flexibility index (Phi) is 3.99. The van der Waals surface area contributed by atoms with E-state index >= 15 is 0 Å². The summed E-state index contributed by atoms with van der Waals surface area (Å²) in [4.78, 5) is 24.9. The van der Waals surface area contributed by atoms with Crippen LogP contribution in [-0.2, 0) is 0 Å². The van der Waals surface area contributed by atoms with E-state index in [-0.39, 0.29) is 5.78 Å². The fourth-order valence-corrected chi connectivity index (χ4v) is 3.14. The molecule has 3 heterocycles. The first kappa shape index (κ1) is 16.4. The van der Waals surface area contributed by atoms with E-state index in [0.29, 0.717) is 40.6 Å². The number of ketones is 1. The Morgan fingerprint density at radius 3 is 2.62 bits per heavy atom. The number of nitrogens with zero attached hydrogens (tertiary/aromatic N) is 4. The van der Waals surface area contributed by atoms with Gasteiger partial charge in [-0.2, -0.15) is 4.98 Å². The molecule has 4 rings (SSSR count). The van der Waals surface area contributed by atoms with E-state index in [0.717, 1.165) is 12.8 Å². The number of hydrogen-bond donors (Lipinski definition) is 0. The predicted octanol–water partition coefficient (Wildman–Crippen LogP) is 3.72. The highest BCUT2D eigenvalue weighted by atomic mass is 16.5. The van der Waals surface area contributed by atoms with Gasteiger partial charge in [0.25, 0.3) is 5.89 Å². The number of carbonyl (C=O) groups is 1. The molecular formula is C19H18N4O3. The van der Waals surface area contributed by atoms with Crippen molar-refractivity contribution in [2.45, 2.75) is 38.7 Å². The number of aromatic nitrogens is 4. The van der Waals surface area contributed by atoms with Crippen molar-refractivity contribution in [1.29, 1.82) is 0 Å². The predicted molar refractivity (Wildman–Crippen MR) is 93.6 cm³/mol. The zero-order valence-electron chi connectivity index (χ0n) is 14.6. The average molecular weight is 350 g/mol. The Labute approximate surface area is 150 Å². The summed E-state index contributed by atoms with van der Waals surface area (Å²) >= 11 is 0. The number of Topliss-reactive ketones (excluding diaryl/α,β-unsaturated/α-hetero) is 1. The minimum Gasteiger partial charge on any atom is -0.486 e. The standard InChI is InChI=1S/C19H18N4O3/c1-3-19(4-2)8-15(24)14-7-12(5-6-16(14)25-19)18-22-17(23-26-18)13-9-20-11-21-10-13/h5-7,9-11H,3-4,8H2,1-2H3. The monoisotopic (exact) mass is 350 g/mol. The Balaban J connectivity index is 1.68. The van der Waals surface area contributed by atoms with Gasteiger partial charge in [0.15, 0.2) is 5.78 Å². The van der Waals surface area contributed by atoms with E-state index in [2.05, 4.69) is 20.1 Å². The topological polar surface area (TPSA) is 91.0 Å². The lowest BCUT2D eigenvalue weighted by Crippen LogP contribution is -2.40. The van der Waals surface area contributed by atoms with Crippen LogP contribution in [0.2, 0.25) is 0 Å². The molecule has 0 fully saturated rings. The van der Waals surface area contributed by atoms with Crippen molar-refractivity contribution in [3.8, 4) is 28.6 Å². The van der Waals surface area contributed by atoms with Gasteiger partial charge in [0.2, 0.25) is 5.82 Å². The summed E-state index contributed by atoms with van der Waals surface area (Å²) in [7, 11) is 0. The van der Waals surface area contributed by atoms with Crippen LogP contribution in [0.15, 0.2) is 41.4 Å². The van der Waals surface area contributed by atoms with Crippen LogP contribution >= 0.6 is 0 Å². The molecule has 0 atom stereocenters. The van der Waals surface area contributed by atoms with Gasteiger partial charge in [-0.3, -0.25) is 4.79 Å². The maximum absolute atomic E-state index is 12.7. The van der Waals surface area contributed by atoms with Crippen LogP contribution in [-0.4, -0.2) is 31.5 Å². The normalized spacial score (nSPS) is 15.4. The molecule has 0 spiro atoms. The van der Waals surface area contributed by atoms with E-state index in [4.69, 9.17) is 9.26 Å². The second kappa shape index (κ2) is 6.33. The van der Waals surface area contributed by atoms with Gasteiger partial charge in [0.1, 0.15) is 17.7 Å². The molecule has 132 valence electrons. The lowest BCUT2D eigenvalue weighted by atomic mass is 9.85. The zero-order chi connectivity index (χ0) is 18.1. The summed E-state index contributed by atoms with van der Waals surface area (Å²) in [6, 6.07) is 5.38. The fourth-order valence-electron chi connectivity index (χ4n) is 3.14. The molecule has 7 nitrogen and oxygen atoms in total. The molecule has 3 aromatic rings. The maximum Gasteiger partial charge on any atom is 0.258 e. The number of benzene rings is 1. The molecule has 7 heteroatoms. The lowest BCUT2D eigenvalue weighted by Gasteiger charge is -2.36. The average Bonchev–Trinajstić information content (AvgIpc) is 3.18. The fraction of sp³-hybridized carbons (Fsp3) is 0.316. The molecule has 0 bridgehead atoms. The Bertz CT molecular complexity index is 948. The molecule has 1 aromatic carbocycles. The summed E-state index contributed by atoms with van der Waals surface area (Å²) in [6.45, 7) is 4.09. The Morgan fingerprint density at radius 2 is 1.88 bits per heavy atom. The Hall–Kier alpha value is -3.09. The van der Waals surface area contributed by atoms with Crippen molar-refractivity contribution in [2.75, 3.05) is 0 Å². The van der Waals surface area contributed by atoms with Crippen LogP contribution < -0.4 is 4.74 Å². The van der Waals surface area contributed by atoms with E-state index in [1.54, 1.807) is 24.5 Å². The van der Waals surface area contributed by atoms with Crippen molar-refractivity contribution in [3.63, 3.8) is 0 Å². The molecular weight excluding hydrogens is 332 g/mol. The minimum absolute atomic E-state index is 0.0769. The van der Waals surface area contributed by atoms with Crippen LogP contribution in [0.5, 0.6) is 5.75 Å². The third-order valence-corrected chi connectivity index (χ3v) is 4.87. The molecule has 1 aliphatic heterocycles. The van der Waals surface area contributed by atoms with Gasteiger partial charge < -0.3 is 9.26 Å². The number of ether oxygens (including phenoxy) is 1. The van der Waals surface area contributed by atoms with Gasteiger partial charge in [0, 0.05) is 18.0 Å². The van der Waals surface area contributed by atoms with Crippen LogP contribution in [0.25, 0.3) is 22.8 Å². The number of carbonyl (C=O) groups excluding carboxylic acids is 1. The third kappa shape index (κ3) is 2.75. The molecule has 0 unspecified atom stereocenters. The Morgan fingerprint density at radius 1 is 1.12 bits per heavy atom. The van der Waals surface area contributed by atoms with E-state index in [1.165, 1.54) is 6.33 Å². The van der Waals surface area contributed by atoms with Crippen LogP contribution in [0, 0.1) is 0 Å². The summed E-state index contributed by atoms with van der Waals surface area (Å²) < 4.78 is 11.5. The summed E-state index contributed by atoms with van der Waals surface area (Å²) in [5.41, 5.74) is 1.49.